The van der Waals surface area contributed by atoms with Gasteiger partial charge in [0.05, 0.1) is 7.11 Å². The maximum absolute atomic E-state index is 4.71. The summed E-state index contributed by atoms with van der Waals surface area (Å²) >= 11 is 0. The summed E-state index contributed by atoms with van der Waals surface area (Å²) in [6.45, 7) is 5.38. The maximum Gasteiger partial charge on any atom is 0.0572 e. The van der Waals surface area contributed by atoms with E-state index < -0.39 is 0 Å². The monoisotopic (exact) mass is 131 g/mol. The van der Waals surface area contributed by atoms with E-state index >= 15 is 0 Å². The summed E-state index contributed by atoms with van der Waals surface area (Å²) in [7, 11) is 1.65. The van der Waals surface area contributed by atoms with Crippen LogP contribution in [0, 0.1) is 5.92 Å². The van der Waals surface area contributed by atoms with Crippen molar-refractivity contribution in [3.05, 3.63) is 0 Å². The average Bonchev–Trinajstić information content (AvgIpc) is 1.85. The first-order chi connectivity index (χ1) is 4.31. The fourth-order valence-corrected chi connectivity index (χ4v) is 0.820. The predicted octanol–water partition coefficient (Wildman–Crippen LogP) is 1.57. The summed E-state index contributed by atoms with van der Waals surface area (Å²) in [5.74, 6) is 0.731. The van der Waals surface area contributed by atoms with Crippen LogP contribution in [0.1, 0.15) is 26.7 Å². The number of nitrogens with one attached hydrogen (secondary N) is 1. The largest absolute Gasteiger partial charge is 0.305 e. The van der Waals surface area contributed by atoms with Crippen molar-refractivity contribution in [1.29, 1.82) is 0 Å². The summed E-state index contributed by atoms with van der Waals surface area (Å²) in [5.41, 5.74) is 2.83. The Morgan fingerprint density at radius 2 is 2.22 bits per heavy atom. The van der Waals surface area contributed by atoms with E-state index in [0.29, 0.717) is 0 Å². The number of rotatable bonds is 5. The molecule has 0 aliphatic rings. The lowest BCUT2D eigenvalue weighted by Gasteiger charge is -2.08. The van der Waals surface area contributed by atoms with Gasteiger partial charge in [0.15, 0.2) is 0 Å². The first-order valence-electron chi connectivity index (χ1n) is 3.57. The van der Waals surface area contributed by atoms with Gasteiger partial charge in [-0.2, -0.15) is 0 Å². The third-order valence-electron chi connectivity index (χ3n) is 1.36. The van der Waals surface area contributed by atoms with Crippen LogP contribution < -0.4 is 5.48 Å². The van der Waals surface area contributed by atoms with Crippen LogP contribution in [0.5, 0.6) is 0 Å². The first-order valence-corrected chi connectivity index (χ1v) is 3.57. The highest BCUT2D eigenvalue weighted by molar-refractivity contribution is 4.50. The minimum atomic E-state index is 0.731. The van der Waals surface area contributed by atoms with E-state index in [1.54, 1.807) is 7.11 Å². The Morgan fingerprint density at radius 3 is 2.67 bits per heavy atom. The molecule has 0 radical (unpaired) electrons. The summed E-state index contributed by atoms with van der Waals surface area (Å²) in [6, 6.07) is 0. The van der Waals surface area contributed by atoms with E-state index in [2.05, 4.69) is 19.3 Å². The summed E-state index contributed by atoms with van der Waals surface area (Å²) < 4.78 is 0. The molecule has 1 atom stereocenters. The summed E-state index contributed by atoms with van der Waals surface area (Å²) in [6.07, 6.45) is 2.53. The number of hydrogen-bond donors (Lipinski definition) is 1. The average molecular weight is 131 g/mol. The Balaban J connectivity index is 2.95. The molecule has 0 amide bonds. The predicted molar refractivity (Wildman–Crippen MR) is 39.1 cm³/mol. The SMILES string of the molecule is CCCC(C)CNOC. The van der Waals surface area contributed by atoms with Gasteiger partial charge in [-0.25, -0.2) is 5.48 Å². The maximum atomic E-state index is 4.71. The molecule has 1 N–H and O–H groups in total. The Hall–Kier alpha value is -0.0800. The molecule has 0 aromatic rings. The van der Waals surface area contributed by atoms with E-state index in [0.717, 1.165) is 12.5 Å². The third kappa shape index (κ3) is 5.80. The van der Waals surface area contributed by atoms with Gasteiger partial charge in [-0.05, 0) is 12.3 Å². The first kappa shape index (κ1) is 8.92. The fraction of sp³-hybridized carbons (Fsp3) is 1.00. The highest BCUT2D eigenvalue weighted by Gasteiger charge is 1.97. The standard InChI is InChI=1S/C7H17NO/c1-4-5-7(2)6-8-9-3/h7-8H,4-6H2,1-3H3. The molecular formula is C7H17NO. The lowest BCUT2D eigenvalue weighted by molar-refractivity contribution is 0.0806. The van der Waals surface area contributed by atoms with E-state index in [4.69, 9.17) is 4.84 Å². The molecule has 0 heterocycles. The third-order valence-corrected chi connectivity index (χ3v) is 1.36. The van der Waals surface area contributed by atoms with Gasteiger partial charge in [-0.15, -0.1) is 0 Å². The number of hydroxylamine groups is 1. The van der Waals surface area contributed by atoms with Crippen LogP contribution in [0.2, 0.25) is 0 Å². The topological polar surface area (TPSA) is 21.3 Å². The van der Waals surface area contributed by atoms with Gasteiger partial charge in [0.1, 0.15) is 0 Å². The van der Waals surface area contributed by atoms with Crippen LogP contribution in [0.25, 0.3) is 0 Å². The second kappa shape index (κ2) is 6.05. The van der Waals surface area contributed by atoms with Crippen molar-refractivity contribution in [2.45, 2.75) is 26.7 Å². The molecular weight excluding hydrogens is 114 g/mol. The molecule has 1 unspecified atom stereocenters. The highest BCUT2D eigenvalue weighted by atomic mass is 16.6. The zero-order chi connectivity index (χ0) is 7.11. The van der Waals surface area contributed by atoms with Crippen LogP contribution >= 0.6 is 0 Å². The van der Waals surface area contributed by atoms with Gasteiger partial charge in [0, 0.05) is 6.54 Å². The smallest absolute Gasteiger partial charge is 0.0572 e. The second-order valence-corrected chi connectivity index (χ2v) is 2.45. The molecule has 9 heavy (non-hydrogen) atoms. The molecule has 0 bridgehead atoms. The molecule has 0 spiro atoms. The van der Waals surface area contributed by atoms with Crippen LogP contribution in [0.3, 0.4) is 0 Å². The van der Waals surface area contributed by atoms with Crippen molar-refractivity contribution in [2.24, 2.45) is 5.92 Å². The minimum Gasteiger partial charge on any atom is -0.305 e. The quantitative estimate of drug-likeness (QED) is 0.572. The molecule has 0 saturated heterocycles. The summed E-state index contributed by atoms with van der Waals surface area (Å²) in [4.78, 5) is 4.71. The van der Waals surface area contributed by atoms with Crippen molar-refractivity contribution in [1.82, 2.24) is 5.48 Å². The minimum absolute atomic E-state index is 0.731. The van der Waals surface area contributed by atoms with E-state index in [9.17, 15) is 0 Å². The van der Waals surface area contributed by atoms with Gasteiger partial charge in [-0.1, -0.05) is 20.3 Å². The van der Waals surface area contributed by atoms with Crippen LogP contribution in [0.4, 0.5) is 0 Å². The van der Waals surface area contributed by atoms with Crippen molar-refractivity contribution < 1.29 is 4.84 Å². The van der Waals surface area contributed by atoms with Crippen molar-refractivity contribution in [3.63, 3.8) is 0 Å². The molecule has 0 rings (SSSR count). The van der Waals surface area contributed by atoms with E-state index in [-0.39, 0.29) is 0 Å². The molecule has 0 aliphatic carbocycles. The van der Waals surface area contributed by atoms with E-state index in [1.807, 2.05) is 0 Å². The van der Waals surface area contributed by atoms with Gasteiger partial charge in [0.2, 0.25) is 0 Å². The van der Waals surface area contributed by atoms with Crippen LogP contribution in [-0.4, -0.2) is 13.7 Å². The zero-order valence-electron chi connectivity index (χ0n) is 6.61. The van der Waals surface area contributed by atoms with Gasteiger partial charge < -0.3 is 4.84 Å². The van der Waals surface area contributed by atoms with Crippen LogP contribution in [-0.2, 0) is 4.84 Å². The number of hydrogen-bond acceptors (Lipinski definition) is 2. The van der Waals surface area contributed by atoms with Gasteiger partial charge in [0.25, 0.3) is 0 Å². The van der Waals surface area contributed by atoms with Gasteiger partial charge >= 0.3 is 0 Å². The van der Waals surface area contributed by atoms with Crippen LogP contribution in [0.15, 0.2) is 0 Å². The van der Waals surface area contributed by atoms with Crippen molar-refractivity contribution in [2.75, 3.05) is 13.7 Å². The lowest BCUT2D eigenvalue weighted by atomic mass is 10.1. The molecule has 0 aromatic heterocycles. The van der Waals surface area contributed by atoms with E-state index in [1.165, 1.54) is 12.8 Å². The molecule has 2 heteroatoms. The molecule has 0 fully saturated rings. The molecule has 2 nitrogen and oxygen atoms in total. The Labute approximate surface area is 57.5 Å². The van der Waals surface area contributed by atoms with Crippen molar-refractivity contribution >= 4 is 0 Å². The Kier molecular flexibility index (Phi) is 5.99. The molecule has 0 aliphatic heterocycles. The Bertz CT molecular complexity index is 56.9. The van der Waals surface area contributed by atoms with Gasteiger partial charge in [-0.3, -0.25) is 0 Å². The normalized spacial score (nSPS) is 13.7. The highest BCUT2D eigenvalue weighted by Crippen LogP contribution is 2.01. The van der Waals surface area contributed by atoms with Crippen molar-refractivity contribution in [3.8, 4) is 0 Å². The molecule has 56 valence electrons. The fourth-order valence-electron chi connectivity index (χ4n) is 0.820. The summed E-state index contributed by atoms with van der Waals surface area (Å²) in [5, 5.41) is 0. The zero-order valence-corrected chi connectivity index (χ0v) is 6.61. The molecule has 0 aromatic carbocycles. The Morgan fingerprint density at radius 1 is 1.56 bits per heavy atom. The second-order valence-electron chi connectivity index (χ2n) is 2.45. The lowest BCUT2D eigenvalue weighted by Crippen LogP contribution is -2.19. The molecule has 0 saturated carbocycles.